The Labute approximate surface area is 106 Å². The first kappa shape index (κ1) is 11.0. The van der Waals surface area contributed by atoms with Crippen LogP contribution in [0, 0.1) is 0 Å². The lowest BCUT2D eigenvalue weighted by atomic mass is 10.1. The van der Waals surface area contributed by atoms with Crippen LogP contribution in [0.4, 0.5) is 0 Å². The predicted molar refractivity (Wildman–Crippen MR) is 66.4 cm³/mol. The monoisotopic (exact) mass is 304 g/mol. The third-order valence-corrected chi connectivity index (χ3v) is 3.30. The highest BCUT2D eigenvalue weighted by Gasteiger charge is 2.15. The summed E-state index contributed by atoms with van der Waals surface area (Å²) in [6.07, 6.45) is 1.72. The lowest BCUT2D eigenvalue weighted by Crippen LogP contribution is -1.94. The third-order valence-electron chi connectivity index (χ3n) is 2.09. The Morgan fingerprint density at radius 1 is 1.27 bits per heavy atom. The molecule has 1 aromatic heterocycles. The van der Waals surface area contributed by atoms with Crippen molar-refractivity contribution in [1.82, 2.24) is 9.78 Å². The van der Waals surface area contributed by atoms with Gasteiger partial charge in [0.25, 0.3) is 0 Å². The van der Waals surface area contributed by atoms with E-state index in [1.54, 1.807) is 10.9 Å². The van der Waals surface area contributed by atoms with Gasteiger partial charge in [0.05, 0.1) is 26.4 Å². The van der Waals surface area contributed by atoms with Crippen LogP contribution < -0.4 is 0 Å². The normalized spacial score (nSPS) is 10.7. The van der Waals surface area contributed by atoms with E-state index < -0.39 is 0 Å². The molecule has 0 aliphatic rings. The molecule has 2 aromatic rings. The Kier molecular flexibility index (Phi) is 3.05. The summed E-state index contributed by atoms with van der Waals surface area (Å²) in [5, 5.41) is 5.36. The fourth-order valence-corrected chi connectivity index (χ4v) is 2.54. The molecule has 2 nitrogen and oxygen atoms in total. The van der Waals surface area contributed by atoms with E-state index in [1.165, 1.54) is 0 Å². The molecule has 1 heterocycles. The van der Waals surface area contributed by atoms with Crippen molar-refractivity contribution in [1.29, 1.82) is 0 Å². The minimum Gasteiger partial charge on any atom is -0.267 e. The van der Waals surface area contributed by atoms with Crippen LogP contribution in [0.15, 0.2) is 28.9 Å². The van der Waals surface area contributed by atoms with E-state index >= 15 is 0 Å². The van der Waals surface area contributed by atoms with Gasteiger partial charge in [0.15, 0.2) is 0 Å². The van der Waals surface area contributed by atoms with Crippen LogP contribution in [0.5, 0.6) is 0 Å². The Bertz CT molecular complexity index is 468. The molecular weight excluding hydrogens is 299 g/mol. The Morgan fingerprint density at radius 2 is 1.87 bits per heavy atom. The number of rotatable bonds is 1. The Morgan fingerprint density at radius 3 is 2.33 bits per heavy atom. The standard InChI is InChI=1S/C10H7BrCl2N2/c1-15-10(6(11)5-14-15)9-7(12)3-2-4-8(9)13/h2-5H,1H3. The number of hydrogen-bond donors (Lipinski definition) is 0. The van der Waals surface area contributed by atoms with E-state index in [0.717, 1.165) is 15.7 Å². The van der Waals surface area contributed by atoms with Crippen LogP contribution in [-0.2, 0) is 7.05 Å². The molecule has 0 radical (unpaired) electrons. The van der Waals surface area contributed by atoms with Gasteiger partial charge in [0.1, 0.15) is 0 Å². The molecule has 0 aliphatic heterocycles. The largest absolute Gasteiger partial charge is 0.267 e. The topological polar surface area (TPSA) is 17.8 Å². The maximum Gasteiger partial charge on any atom is 0.0851 e. The second kappa shape index (κ2) is 4.16. The molecule has 0 spiro atoms. The Balaban J connectivity index is 2.74. The fraction of sp³-hybridized carbons (Fsp3) is 0.100. The summed E-state index contributed by atoms with van der Waals surface area (Å²) in [7, 11) is 1.85. The van der Waals surface area contributed by atoms with E-state index in [-0.39, 0.29) is 0 Å². The molecule has 78 valence electrons. The van der Waals surface area contributed by atoms with Gasteiger partial charge in [-0.15, -0.1) is 0 Å². The van der Waals surface area contributed by atoms with Gasteiger partial charge >= 0.3 is 0 Å². The molecular formula is C10H7BrCl2N2. The predicted octanol–water partition coefficient (Wildman–Crippen LogP) is 4.16. The van der Waals surface area contributed by atoms with Crippen LogP contribution >= 0.6 is 39.1 Å². The molecule has 0 unspecified atom stereocenters. The van der Waals surface area contributed by atoms with Gasteiger partial charge in [-0.2, -0.15) is 5.10 Å². The zero-order valence-corrected chi connectivity index (χ0v) is 10.9. The average Bonchev–Trinajstić information content (AvgIpc) is 2.49. The van der Waals surface area contributed by atoms with Gasteiger partial charge in [0, 0.05) is 12.6 Å². The first-order valence-corrected chi connectivity index (χ1v) is 5.78. The molecule has 0 bridgehead atoms. The highest BCUT2D eigenvalue weighted by Crippen LogP contribution is 2.37. The third kappa shape index (κ3) is 1.92. The van der Waals surface area contributed by atoms with Gasteiger partial charge in [0.2, 0.25) is 0 Å². The molecule has 0 atom stereocenters. The van der Waals surface area contributed by atoms with Crippen LogP contribution in [0.25, 0.3) is 11.3 Å². The lowest BCUT2D eigenvalue weighted by Gasteiger charge is -2.07. The zero-order valence-electron chi connectivity index (χ0n) is 7.84. The maximum absolute atomic E-state index is 6.12. The highest BCUT2D eigenvalue weighted by molar-refractivity contribution is 9.10. The minimum atomic E-state index is 0.617. The minimum absolute atomic E-state index is 0.617. The van der Waals surface area contributed by atoms with E-state index in [2.05, 4.69) is 21.0 Å². The molecule has 0 fully saturated rings. The average molecular weight is 306 g/mol. The van der Waals surface area contributed by atoms with E-state index in [9.17, 15) is 0 Å². The van der Waals surface area contributed by atoms with E-state index in [1.807, 2.05) is 25.2 Å². The lowest BCUT2D eigenvalue weighted by molar-refractivity contribution is 0.776. The van der Waals surface area contributed by atoms with E-state index in [4.69, 9.17) is 23.2 Å². The van der Waals surface area contributed by atoms with Gasteiger partial charge in [-0.05, 0) is 28.1 Å². The maximum atomic E-state index is 6.12. The van der Waals surface area contributed by atoms with Crippen molar-refractivity contribution in [3.05, 3.63) is 38.9 Å². The molecule has 15 heavy (non-hydrogen) atoms. The molecule has 0 saturated heterocycles. The number of nitrogens with zero attached hydrogens (tertiary/aromatic N) is 2. The second-order valence-corrected chi connectivity index (χ2v) is 4.73. The fourth-order valence-electron chi connectivity index (χ4n) is 1.42. The summed E-state index contributed by atoms with van der Waals surface area (Å²) in [5.41, 5.74) is 1.68. The zero-order chi connectivity index (χ0) is 11.0. The summed E-state index contributed by atoms with van der Waals surface area (Å²) in [6, 6.07) is 5.43. The Hall–Kier alpha value is -0.510. The summed E-state index contributed by atoms with van der Waals surface area (Å²) in [4.78, 5) is 0. The molecule has 0 saturated carbocycles. The van der Waals surface area contributed by atoms with Gasteiger partial charge in [-0.1, -0.05) is 29.3 Å². The van der Waals surface area contributed by atoms with Crippen molar-refractivity contribution in [2.24, 2.45) is 7.05 Å². The number of hydrogen-bond acceptors (Lipinski definition) is 1. The summed E-state index contributed by atoms with van der Waals surface area (Å²) in [6.45, 7) is 0. The first-order chi connectivity index (χ1) is 7.11. The van der Waals surface area contributed by atoms with Crippen LogP contribution in [0.2, 0.25) is 10.0 Å². The van der Waals surface area contributed by atoms with Gasteiger partial charge in [-0.3, -0.25) is 4.68 Å². The summed E-state index contributed by atoms with van der Waals surface area (Å²) in [5.74, 6) is 0. The number of benzene rings is 1. The highest BCUT2D eigenvalue weighted by atomic mass is 79.9. The summed E-state index contributed by atoms with van der Waals surface area (Å²) >= 11 is 15.7. The summed E-state index contributed by atoms with van der Waals surface area (Å²) < 4.78 is 2.61. The van der Waals surface area contributed by atoms with Crippen molar-refractivity contribution in [2.45, 2.75) is 0 Å². The first-order valence-electron chi connectivity index (χ1n) is 4.23. The smallest absolute Gasteiger partial charge is 0.0851 e. The molecule has 0 N–H and O–H groups in total. The number of halogens is 3. The van der Waals surface area contributed by atoms with E-state index in [0.29, 0.717) is 10.0 Å². The SMILES string of the molecule is Cn1ncc(Br)c1-c1c(Cl)cccc1Cl. The van der Waals surface area contributed by atoms with Crippen molar-refractivity contribution in [3.8, 4) is 11.3 Å². The number of aromatic nitrogens is 2. The second-order valence-electron chi connectivity index (χ2n) is 3.06. The molecule has 0 aliphatic carbocycles. The van der Waals surface area contributed by atoms with Crippen molar-refractivity contribution < 1.29 is 0 Å². The molecule has 0 amide bonds. The number of aryl methyl sites for hydroxylation is 1. The molecule has 5 heteroatoms. The van der Waals surface area contributed by atoms with Gasteiger partial charge < -0.3 is 0 Å². The van der Waals surface area contributed by atoms with Crippen molar-refractivity contribution in [3.63, 3.8) is 0 Å². The van der Waals surface area contributed by atoms with Gasteiger partial charge in [-0.25, -0.2) is 0 Å². The quantitative estimate of drug-likeness (QED) is 0.773. The molecule has 2 rings (SSSR count). The van der Waals surface area contributed by atoms with Crippen LogP contribution in [-0.4, -0.2) is 9.78 Å². The van der Waals surface area contributed by atoms with Crippen LogP contribution in [0.3, 0.4) is 0 Å². The van der Waals surface area contributed by atoms with Crippen LogP contribution in [0.1, 0.15) is 0 Å². The molecule has 1 aromatic carbocycles. The van der Waals surface area contributed by atoms with Crippen molar-refractivity contribution in [2.75, 3.05) is 0 Å². The van der Waals surface area contributed by atoms with Crippen molar-refractivity contribution >= 4 is 39.1 Å².